The molecule has 28 heavy (non-hydrogen) atoms. The first kappa shape index (κ1) is 18.9. The summed E-state index contributed by atoms with van der Waals surface area (Å²) in [5.74, 6) is 1.03. The highest BCUT2D eigenvalue weighted by Gasteiger charge is 2.44. The molecule has 1 aromatic carbocycles. The second kappa shape index (κ2) is 7.90. The number of carbonyl (C=O) groups is 1. The molecule has 1 aromatic heterocycles. The lowest BCUT2D eigenvalue weighted by Gasteiger charge is -2.32. The van der Waals surface area contributed by atoms with E-state index in [1.165, 1.54) is 11.8 Å². The van der Waals surface area contributed by atoms with Crippen LogP contribution in [-0.2, 0) is 9.53 Å². The Kier molecular flexibility index (Phi) is 5.33. The molecule has 2 aliphatic heterocycles. The summed E-state index contributed by atoms with van der Waals surface area (Å²) in [5.41, 5.74) is 0.764. The summed E-state index contributed by atoms with van der Waals surface area (Å²) in [5, 5.41) is 11.3. The molecule has 2 aliphatic rings. The largest absolute Gasteiger partial charge is 0.497 e. The van der Waals surface area contributed by atoms with Gasteiger partial charge in [-0.05, 0) is 31.2 Å². The van der Waals surface area contributed by atoms with Crippen LogP contribution in [0.2, 0.25) is 0 Å². The maximum Gasteiger partial charge on any atom is 0.345 e. The molecular formula is C18H21N5O4S. The van der Waals surface area contributed by atoms with Gasteiger partial charge in [-0.25, -0.2) is 0 Å². The van der Waals surface area contributed by atoms with Crippen molar-refractivity contribution in [1.29, 1.82) is 0 Å². The van der Waals surface area contributed by atoms with E-state index in [2.05, 4.69) is 25.4 Å². The zero-order valence-corrected chi connectivity index (χ0v) is 16.5. The minimum absolute atomic E-state index is 0.0716. The normalized spacial score (nSPS) is 24.5. The molecule has 3 heterocycles. The minimum atomic E-state index is -0.616. The van der Waals surface area contributed by atoms with Crippen molar-refractivity contribution in [2.75, 3.05) is 40.0 Å². The Hall–Kier alpha value is -2.43. The maximum atomic E-state index is 12.5. The number of aromatic nitrogens is 2. The molecule has 2 aromatic rings. The van der Waals surface area contributed by atoms with Crippen LogP contribution >= 0.6 is 11.8 Å². The summed E-state index contributed by atoms with van der Waals surface area (Å²) >= 11 is 1.38. The summed E-state index contributed by atoms with van der Waals surface area (Å²) in [6, 6.07) is 7.39. The molecular weight excluding hydrogens is 382 g/mol. The molecule has 2 saturated heterocycles. The predicted octanol–water partition coefficient (Wildman–Crippen LogP) is 1.69. The molecule has 10 heteroatoms. The number of carbonyl (C=O) groups excluding carboxylic acids is 1. The molecule has 1 unspecified atom stereocenters. The van der Waals surface area contributed by atoms with E-state index in [1.54, 1.807) is 7.11 Å². The van der Waals surface area contributed by atoms with Crippen LogP contribution in [0, 0.1) is 0 Å². The van der Waals surface area contributed by atoms with Crippen LogP contribution < -0.4 is 10.1 Å². The van der Waals surface area contributed by atoms with E-state index < -0.39 is 4.75 Å². The van der Waals surface area contributed by atoms with Gasteiger partial charge in [-0.3, -0.25) is 9.69 Å². The van der Waals surface area contributed by atoms with Crippen LogP contribution in [0.4, 0.5) is 6.01 Å². The van der Waals surface area contributed by atoms with Crippen molar-refractivity contribution >= 4 is 28.9 Å². The summed E-state index contributed by atoms with van der Waals surface area (Å²) < 4.78 is 15.5. The molecule has 148 valence electrons. The van der Waals surface area contributed by atoms with Crippen molar-refractivity contribution < 1.29 is 18.7 Å². The van der Waals surface area contributed by atoms with E-state index in [-0.39, 0.29) is 11.9 Å². The monoisotopic (exact) mass is 403 g/mol. The van der Waals surface area contributed by atoms with E-state index in [0.29, 0.717) is 30.8 Å². The van der Waals surface area contributed by atoms with Gasteiger partial charge in [0.15, 0.2) is 5.17 Å². The predicted molar refractivity (Wildman–Crippen MR) is 105 cm³/mol. The highest BCUT2D eigenvalue weighted by Crippen LogP contribution is 2.34. The first-order valence-corrected chi connectivity index (χ1v) is 9.74. The average molecular weight is 403 g/mol. The first-order chi connectivity index (χ1) is 13.6. The SMILES string of the molecule is COc1ccc(-c2nnc(/N=C3\NC(=O)C(C)(CN4CCOCC4)S3)o2)cc1. The number of methoxy groups -OCH3 is 1. The highest BCUT2D eigenvalue weighted by molar-refractivity contribution is 8.16. The summed E-state index contributed by atoms with van der Waals surface area (Å²) in [4.78, 5) is 19.1. The number of aliphatic imine (C=N–C) groups is 1. The molecule has 0 saturated carbocycles. The quantitative estimate of drug-likeness (QED) is 0.805. The number of rotatable bonds is 5. The molecule has 0 aliphatic carbocycles. The number of morpholine rings is 1. The van der Waals surface area contributed by atoms with Gasteiger partial charge in [0.2, 0.25) is 11.8 Å². The van der Waals surface area contributed by atoms with Gasteiger partial charge in [0.05, 0.1) is 20.3 Å². The second-order valence-corrected chi connectivity index (χ2v) is 8.20. The van der Waals surface area contributed by atoms with Crippen molar-refractivity contribution in [3.63, 3.8) is 0 Å². The number of nitrogens with zero attached hydrogens (tertiary/aromatic N) is 4. The van der Waals surface area contributed by atoms with Gasteiger partial charge >= 0.3 is 6.01 Å². The molecule has 0 spiro atoms. The third kappa shape index (κ3) is 4.03. The third-order valence-corrected chi connectivity index (χ3v) is 5.75. The van der Waals surface area contributed by atoms with Gasteiger partial charge in [0.25, 0.3) is 0 Å². The van der Waals surface area contributed by atoms with E-state index >= 15 is 0 Å². The number of hydrogen-bond donors (Lipinski definition) is 1. The molecule has 1 atom stereocenters. The highest BCUT2D eigenvalue weighted by atomic mass is 32.2. The number of amidine groups is 1. The molecule has 0 radical (unpaired) electrons. The summed E-state index contributed by atoms with van der Waals surface area (Å²) in [6.45, 7) is 5.59. The van der Waals surface area contributed by atoms with Gasteiger partial charge in [-0.2, -0.15) is 4.99 Å². The molecule has 4 rings (SSSR count). The smallest absolute Gasteiger partial charge is 0.345 e. The lowest BCUT2D eigenvalue weighted by atomic mass is 10.1. The molecule has 0 bridgehead atoms. The second-order valence-electron chi connectivity index (χ2n) is 6.71. The number of amides is 1. The van der Waals surface area contributed by atoms with Crippen molar-refractivity contribution in [2.45, 2.75) is 11.7 Å². The minimum Gasteiger partial charge on any atom is -0.497 e. The standard InChI is InChI=1S/C18H21N5O4S/c1-18(11-23-7-9-26-10-8-23)15(24)19-17(28-18)20-16-22-21-14(27-16)12-3-5-13(25-2)6-4-12/h3-6H,7-11H2,1-2H3,(H,19,20,22,24). The van der Waals surface area contributed by atoms with Crippen LogP contribution in [0.15, 0.2) is 33.7 Å². The van der Waals surface area contributed by atoms with Crippen LogP contribution in [0.1, 0.15) is 6.92 Å². The van der Waals surface area contributed by atoms with E-state index in [9.17, 15) is 4.79 Å². The molecule has 1 N–H and O–H groups in total. The number of nitrogens with one attached hydrogen (secondary N) is 1. The van der Waals surface area contributed by atoms with Crippen molar-refractivity contribution in [3.8, 4) is 17.2 Å². The van der Waals surface area contributed by atoms with Crippen molar-refractivity contribution in [1.82, 2.24) is 20.4 Å². The van der Waals surface area contributed by atoms with Crippen molar-refractivity contribution in [3.05, 3.63) is 24.3 Å². The van der Waals surface area contributed by atoms with Crippen LogP contribution in [0.5, 0.6) is 5.75 Å². The molecule has 9 nitrogen and oxygen atoms in total. The van der Waals surface area contributed by atoms with Gasteiger partial charge in [-0.15, -0.1) is 5.10 Å². The van der Waals surface area contributed by atoms with Crippen LogP contribution in [-0.4, -0.2) is 70.9 Å². The van der Waals surface area contributed by atoms with Gasteiger partial charge in [0.1, 0.15) is 10.5 Å². The molecule has 2 fully saturated rings. The number of ether oxygens (including phenoxy) is 2. The lowest BCUT2D eigenvalue weighted by molar-refractivity contribution is -0.122. The Morgan fingerprint density at radius 3 is 2.75 bits per heavy atom. The first-order valence-electron chi connectivity index (χ1n) is 8.93. The number of hydrogen-bond acceptors (Lipinski definition) is 9. The zero-order chi connectivity index (χ0) is 19.6. The maximum absolute atomic E-state index is 12.5. The third-order valence-electron chi connectivity index (χ3n) is 4.60. The van der Waals surface area contributed by atoms with E-state index in [1.807, 2.05) is 31.2 Å². The Morgan fingerprint density at radius 2 is 2.04 bits per heavy atom. The lowest BCUT2D eigenvalue weighted by Crippen LogP contribution is -2.48. The Labute approximate surface area is 166 Å². The van der Waals surface area contributed by atoms with Gasteiger partial charge < -0.3 is 19.2 Å². The fraction of sp³-hybridized carbons (Fsp3) is 0.444. The number of thioether (sulfide) groups is 1. The summed E-state index contributed by atoms with van der Waals surface area (Å²) in [6.07, 6.45) is 0. The summed E-state index contributed by atoms with van der Waals surface area (Å²) in [7, 11) is 1.61. The van der Waals surface area contributed by atoms with Gasteiger partial charge in [0, 0.05) is 25.2 Å². The topological polar surface area (TPSA) is 102 Å². The van der Waals surface area contributed by atoms with E-state index in [0.717, 1.165) is 24.4 Å². The number of benzene rings is 1. The fourth-order valence-electron chi connectivity index (χ4n) is 3.05. The fourth-order valence-corrected chi connectivity index (χ4v) is 4.14. The Morgan fingerprint density at radius 1 is 1.29 bits per heavy atom. The Balaban J connectivity index is 1.45. The van der Waals surface area contributed by atoms with Crippen molar-refractivity contribution in [2.24, 2.45) is 4.99 Å². The van der Waals surface area contributed by atoms with Crippen LogP contribution in [0.3, 0.4) is 0 Å². The van der Waals surface area contributed by atoms with Gasteiger partial charge in [-0.1, -0.05) is 16.9 Å². The Bertz CT molecular complexity index is 878. The average Bonchev–Trinajstić information content (AvgIpc) is 3.27. The van der Waals surface area contributed by atoms with E-state index in [4.69, 9.17) is 13.9 Å². The zero-order valence-electron chi connectivity index (χ0n) is 15.7. The molecule has 1 amide bonds. The van der Waals surface area contributed by atoms with Crippen LogP contribution in [0.25, 0.3) is 11.5 Å².